The molecule has 4 N–H and O–H groups in total. The molecule has 11 nitrogen and oxygen atoms in total. The molecule has 1 saturated heterocycles. The highest BCUT2D eigenvalue weighted by molar-refractivity contribution is 5.73. The fourth-order valence-electron chi connectivity index (χ4n) is 6.54. The minimum Gasteiger partial charge on any atom is -0.479 e. The van der Waals surface area contributed by atoms with E-state index in [1.54, 1.807) is 0 Å². The van der Waals surface area contributed by atoms with Crippen LogP contribution in [-0.4, -0.2) is 88.4 Å². The van der Waals surface area contributed by atoms with Crippen LogP contribution in [0.15, 0.2) is 122 Å². The van der Waals surface area contributed by atoms with Crippen LogP contribution < -0.4 is 0 Å². The quantitative estimate of drug-likeness (QED) is 0.0263. The maximum absolute atomic E-state index is 12.8. The SMILES string of the molecule is CC/C=C\C/C=C\C/C=C\C/C=C\C/C=C\C/C=C\CCC(=O)OCC(COC1OC(C(=O)O)C(O)C(O)C1O)OC(=O)CCCCCCCCCC/C=C\C/C=C\C/C=C\C/C=C\CC. The van der Waals surface area contributed by atoms with Crippen molar-refractivity contribution in [3.05, 3.63) is 122 Å². The summed E-state index contributed by atoms with van der Waals surface area (Å²) in [4.78, 5) is 36.9. The molecule has 1 aliphatic rings. The minimum absolute atomic E-state index is 0.101. The zero-order chi connectivity index (χ0) is 48.1. The number of aliphatic hydroxyl groups is 3. The van der Waals surface area contributed by atoms with Gasteiger partial charge in [-0.05, 0) is 89.9 Å². The Labute approximate surface area is 397 Å². The van der Waals surface area contributed by atoms with Gasteiger partial charge in [0.05, 0.1) is 6.61 Å². The maximum Gasteiger partial charge on any atom is 0.335 e. The molecule has 1 aliphatic heterocycles. The monoisotopic (exact) mass is 921 g/mol. The Morgan fingerprint density at radius 3 is 1.33 bits per heavy atom. The number of rotatable bonds is 39. The predicted molar refractivity (Wildman–Crippen MR) is 265 cm³/mol. The number of hydrogen-bond donors (Lipinski definition) is 4. The van der Waals surface area contributed by atoms with Gasteiger partial charge in [0.1, 0.15) is 24.9 Å². The molecule has 66 heavy (non-hydrogen) atoms. The van der Waals surface area contributed by atoms with Gasteiger partial charge >= 0.3 is 17.9 Å². The number of aliphatic carboxylic acids is 1. The van der Waals surface area contributed by atoms with Crippen LogP contribution in [0.2, 0.25) is 0 Å². The first-order chi connectivity index (χ1) is 32.2. The summed E-state index contributed by atoms with van der Waals surface area (Å²) in [5.74, 6) is -2.58. The van der Waals surface area contributed by atoms with Crippen LogP contribution >= 0.6 is 0 Å². The number of allylic oxidation sites excluding steroid dienone is 20. The molecular weight excluding hydrogens is 837 g/mol. The zero-order valence-corrected chi connectivity index (χ0v) is 40.1. The molecule has 0 aromatic carbocycles. The van der Waals surface area contributed by atoms with Crippen LogP contribution in [0.4, 0.5) is 0 Å². The van der Waals surface area contributed by atoms with E-state index in [1.807, 2.05) is 12.2 Å². The van der Waals surface area contributed by atoms with Gasteiger partial charge in [-0.1, -0.05) is 174 Å². The van der Waals surface area contributed by atoms with Crippen molar-refractivity contribution in [2.24, 2.45) is 0 Å². The van der Waals surface area contributed by atoms with Crippen molar-refractivity contribution in [2.45, 2.75) is 192 Å². The Morgan fingerprint density at radius 1 is 0.470 bits per heavy atom. The van der Waals surface area contributed by atoms with Crippen LogP contribution in [0.1, 0.15) is 155 Å². The number of carbonyl (C=O) groups excluding carboxylic acids is 2. The van der Waals surface area contributed by atoms with Crippen LogP contribution in [0.3, 0.4) is 0 Å². The topological polar surface area (TPSA) is 169 Å². The number of carboxylic acid groups (broad SMARTS) is 1. The van der Waals surface area contributed by atoms with E-state index in [2.05, 4.69) is 123 Å². The van der Waals surface area contributed by atoms with Gasteiger partial charge in [0.25, 0.3) is 0 Å². The standard InChI is InChI=1S/C55H84O11/c1-3-5-7-9-11-13-15-17-19-21-23-24-26-28-30-32-34-36-38-40-42-44-49(57)65-47(46-64-55-52(60)50(58)51(59)53(66-55)54(61)62)45-63-48(56)43-41-39-37-35-33-31-29-27-25-22-20-18-16-14-12-10-8-6-4-2/h5-8,11-14,17-20,23-25,27,31,33,37,39,47,50-53,55,58-60H,3-4,9-10,15-16,21-22,26,28-30,32,34-36,38,40-46H2,1-2H3,(H,61,62)/b7-5-,8-6-,13-11-,14-12-,19-17-,20-18-,24-23-,27-25-,33-31-,39-37-. The van der Waals surface area contributed by atoms with Gasteiger partial charge in [0.15, 0.2) is 18.5 Å². The molecule has 1 heterocycles. The Morgan fingerprint density at radius 2 is 0.879 bits per heavy atom. The zero-order valence-electron chi connectivity index (χ0n) is 40.1. The van der Waals surface area contributed by atoms with Crippen LogP contribution in [0.5, 0.6) is 0 Å². The van der Waals surface area contributed by atoms with E-state index in [0.717, 1.165) is 96.3 Å². The van der Waals surface area contributed by atoms with Crippen molar-refractivity contribution in [2.75, 3.05) is 13.2 Å². The van der Waals surface area contributed by atoms with Gasteiger partial charge < -0.3 is 39.4 Å². The number of ether oxygens (including phenoxy) is 4. The first kappa shape index (κ1) is 59.6. The molecule has 0 bridgehead atoms. The molecule has 6 unspecified atom stereocenters. The summed E-state index contributed by atoms with van der Waals surface area (Å²) in [5.41, 5.74) is 0. The normalized spacial score (nSPS) is 20.2. The fourth-order valence-corrected chi connectivity index (χ4v) is 6.54. The van der Waals surface area contributed by atoms with E-state index in [0.29, 0.717) is 12.8 Å². The summed E-state index contributed by atoms with van der Waals surface area (Å²) in [7, 11) is 0. The Bertz CT molecular complexity index is 1550. The maximum atomic E-state index is 12.8. The van der Waals surface area contributed by atoms with E-state index in [-0.39, 0.29) is 19.4 Å². The molecule has 370 valence electrons. The number of esters is 2. The summed E-state index contributed by atoms with van der Waals surface area (Å²) >= 11 is 0. The van der Waals surface area contributed by atoms with E-state index < -0.39 is 61.3 Å². The second-order valence-electron chi connectivity index (χ2n) is 16.2. The van der Waals surface area contributed by atoms with Gasteiger partial charge in [0, 0.05) is 12.8 Å². The third-order valence-corrected chi connectivity index (χ3v) is 10.3. The second-order valence-corrected chi connectivity index (χ2v) is 16.2. The third-order valence-electron chi connectivity index (χ3n) is 10.3. The van der Waals surface area contributed by atoms with Gasteiger partial charge in [-0.15, -0.1) is 0 Å². The van der Waals surface area contributed by atoms with Gasteiger partial charge in [0.2, 0.25) is 0 Å². The molecule has 0 saturated carbocycles. The summed E-state index contributed by atoms with van der Waals surface area (Å²) in [6.07, 6.45) is 52.5. The summed E-state index contributed by atoms with van der Waals surface area (Å²) in [6.45, 7) is 3.51. The van der Waals surface area contributed by atoms with E-state index in [9.17, 15) is 34.8 Å². The van der Waals surface area contributed by atoms with Crippen molar-refractivity contribution in [3.8, 4) is 0 Å². The summed E-state index contributed by atoms with van der Waals surface area (Å²) < 4.78 is 21.7. The number of unbranched alkanes of at least 4 members (excludes halogenated alkanes) is 8. The molecule has 1 rings (SSSR count). The lowest BCUT2D eigenvalue weighted by atomic mass is 9.99. The van der Waals surface area contributed by atoms with Crippen LogP contribution in [0.25, 0.3) is 0 Å². The lowest BCUT2D eigenvalue weighted by Crippen LogP contribution is -2.60. The Kier molecular flexibility index (Phi) is 39.0. The van der Waals surface area contributed by atoms with Gasteiger partial charge in [-0.3, -0.25) is 9.59 Å². The Hall–Kier alpha value is -4.39. The molecule has 0 aromatic heterocycles. The second kappa shape index (κ2) is 43.2. The fraction of sp³-hybridized carbons (Fsp3) is 0.582. The molecular formula is C55H84O11. The molecule has 0 radical (unpaired) electrons. The smallest absolute Gasteiger partial charge is 0.335 e. The average molecular weight is 921 g/mol. The van der Waals surface area contributed by atoms with Crippen molar-refractivity contribution in [3.63, 3.8) is 0 Å². The van der Waals surface area contributed by atoms with E-state index in [1.165, 1.54) is 19.3 Å². The van der Waals surface area contributed by atoms with Gasteiger partial charge in [-0.2, -0.15) is 0 Å². The van der Waals surface area contributed by atoms with Crippen molar-refractivity contribution in [1.82, 2.24) is 0 Å². The highest BCUT2D eigenvalue weighted by Gasteiger charge is 2.47. The number of carboxylic acids is 1. The highest BCUT2D eigenvalue weighted by atomic mass is 16.7. The summed E-state index contributed by atoms with van der Waals surface area (Å²) in [6, 6.07) is 0. The average Bonchev–Trinajstić information content (AvgIpc) is 3.30. The third kappa shape index (κ3) is 34.0. The molecule has 11 heteroatoms. The Balaban J connectivity index is 2.39. The number of hydrogen-bond acceptors (Lipinski definition) is 10. The van der Waals surface area contributed by atoms with Crippen LogP contribution in [0, 0.1) is 0 Å². The highest BCUT2D eigenvalue weighted by Crippen LogP contribution is 2.23. The number of aliphatic hydroxyl groups excluding tert-OH is 3. The summed E-state index contributed by atoms with van der Waals surface area (Å²) in [5, 5.41) is 39.9. The molecule has 0 aromatic rings. The lowest BCUT2D eigenvalue weighted by molar-refractivity contribution is -0.298. The minimum atomic E-state index is -1.88. The lowest BCUT2D eigenvalue weighted by Gasteiger charge is -2.38. The van der Waals surface area contributed by atoms with Crippen molar-refractivity contribution >= 4 is 17.9 Å². The molecule has 0 aliphatic carbocycles. The number of carbonyl (C=O) groups is 3. The molecule has 0 amide bonds. The first-order valence-electron chi connectivity index (χ1n) is 24.6. The molecule has 1 fully saturated rings. The van der Waals surface area contributed by atoms with Crippen molar-refractivity contribution < 1.29 is 53.8 Å². The van der Waals surface area contributed by atoms with Crippen LogP contribution in [-0.2, 0) is 33.3 Å². The predicted octanol–water partition coefficient (Wildman–Crippen LogP) is 11.5. The van der Waals surface area contributed by atoms with Gasteiger partial charge in [-0.25, -0.2) is 4.79 Å². The van der Waals surface area contributed by atoms with Crippen molar-refractivity contribution in [1.29, 1.82) is 0 Å². The van der Waals surface area contributed by atoms with E-state index in [4.69, 9.17) is 18.9 Å². The molecule has 6 atom stereocenters. The van der Waals surface area contributed by atoms with E-state index >= 15 is 0 Å². The molecule has 0 spiro atoms. The first-order valence-corrected chi connectivity index (χ1v) is 24.6. The largest absolute Gasteiger partial charge is 0.479 e.